The Labute approximate surface area is 126 Å². The van der Waals surface area contributed by atoms with Crippen molar-refractivity contribution in [1.29, 1.82) is 0 Å². The fourth-order valence-electron chi connectivity index (χ4n) is 2.13. The van der Waals surface area contributed by atoms with E-state index in [1.54, 1.807) is 28.1 Å². The summed E-state index contributed by atoms with van der Waals surface area (Å²) in [5.41, 5.74) is 1.01. The van der Waals surface area contributed by atoms with Crippen LogP contribution < -0.4 is 14.8 Å². The summed E-state index contributed by atoms with van der Waals surface area (Å²) in [5.74, 6) is 1.24. The van der Waals surface area contributed by atoms with E-state index in [-0.39, 0.29) is 5.91 Å². The molecule has 116 valence electrons. The molecule has 1 saturated carbocycles. The number of carbonyl (C=O) groups excluding carboxylic acids is 1. The molecule has 1 aliphatic carbocycles. The SMILES string of the molecule is COc1cccc(CNC2CC2)c1OC(C)C(=O)N(C)C. The molecular formula is C16H24N2O3. The van der Waals surface area contributed by atoms with E-state index < -0.39 is 6.10 Å². The molecule has 21 heavy (non-hydrogen) atoms. The van der Waals surface area contributed by atoms with Crippen LogP contribution in [0.4, 0.5) is 0 Å². The highest BCUT2D eigenvalue weighted by Gasteiger charge is 2.23. The van der Waals surface area contributed by atoms with Gasteiger partial charge in [0, 0.05) is 32.2 Å². The Morgan fingerprint density at radius 1 is 1.43 bits per heavy atom. The lowest BCUT2D eigenvalue weighted by molar-refractivity contribution is -0.135. The van der Waals surface area contributed by atoms with Gasteiger partial charge in [-0.2, -0.15) is 0 Å². The van der Waals surface area contributed by atoms with Gasteiger partial charge in [0.25, 0.3) is 5.91 Å². The second kappa shape index (κ2) is 6.80. The number of ether oxygens (including phenoxy) is 2. The summed E-state index contributed by atoms with van der Waals surface area (Å²) in [4.78, 5) is 13.5. The van der Waals surface area contributed by atoms with Gasteiger partial charge in [-0.05, 0) is 25.8 Å². The first kappa shape index (κ1) is 15.6. The van der Waals surface area contributed by atoms with E-state index >= 15 is 0 Å². The first-order valence-electron chi connectivity index (χ1n) is 7.30. The van der Waals surface area contributed by atoms with E-state index in [0.29, 0.717) is 17.5 Å². The van der Waals surface area contributed by atoms with Gasteiger partial charge >= 0.3 is 0 Å². The van der Waals surface area contributed by atoms with E-state index in [4.69, 9.17) is 9.47 Å². The molecule has 1 aromatic carbocycles. The summed E-state index contributed by atoms with van der Waals surface area (Å²) in [6, 6.07) is 6.40. The van der Waals surface area contributed by atoms with Crippen LogP contribution in [0, 0.1) is 0 Å². The molecule has 0 aliphatic heterocycles. The molecule has 1 aromatic rings. The maximum Gasteiger partial charge on any atom is 0.262 e. The Kier molecular flexibility index (Phi) is 5.07. The minimum Gasteiger partial charge on any atom is -0.493 e. The molecule has 2 rings (SSSR count). The molecule has 0 saturated heterocycles. The summed E-state index contributed by atoms with van der Waals surface area (Å²) in [6.07, 6.45) is 1.92. The van der Waals surface area contributed by atoms with Crippen molar-refractivity contribution in [2.24, 2.45) is 0 Å². The smallest absolute Gasteiger partial charge is 0.262 e. The minimum atomic E-state index is -0.545. The van der Waals surface area contributed by atoms with Crippen LogP contribution in [0.2, 0.25) is 0 Å². The molecule has 1 N–H and O–H groups in total. The van der Waals surface area contributed by atoms with Crippen molar-refractivity contribution in [3.63, 3.8) is 0 Å². The van der Waals surface area contributed by atoms with Crippen LogP contribution in [0.5, 0.6) is 11.5 Å². The average Bonchev–Trinajstić information content (AvgIpc) is 3.29. The molecule has 1 amide bonds. The lowest BCUT2D eigenvalue weighted by atomic mass is 10.1. The van der Waals surface area contributed by atoms with Crippen LogP contribution in [0.15, 0.2) is 18.2 Å². The van der Waals surface area contributed by atoms with Crippen LogP contribution in [-0.4, -0.2) is 44.2 Å². The van der Waals surface area contributed by atoms with Gasteiger partial charge in [0.1, 0.15) is 0 Å². The van der Waals surface area contributed by atoms with Crippen LogP contribution in [-0.2, 0) is 11.3 Å². The fraction of sp³-hybridized carbons (Fsp3) is 0.562. The van der Waals surface area contributed by atoms with Gasteiger partial charge in [-0.1, -0.05) is 12.1 Å². The molecule has 0 bridgehead atoms. The first-order chi connectivity index (χ1) is 10.0. The normalized spacial score (nSPS) is 15.4. The number of benzene rings is 1. The van der Waals surface area contributed by atoms with Crippen molar-refractivity contribution < 1.29 is 14.3 Å². The highest BCUT2D eigenvalue weighted by atomic mass is 16.5. The second-order valence-corrected chi connectivity index (χ2v) is 5.60. The van der Waals surface area contributed by atoms with E-state index in [1.165, 1.54) is 17.7 Å². The predicted molar refractivity (Wildman–Crippen MR) is 81.6 cm³/mol. The number of carbonyl (C=O) groups is 1. The van der Waals surface area contributed by atoms with Crippen LogP contribution in [0.3, 0.4) is 0 Å². The van der Waals surface area contributed by atoms with Crippen molar-refractivity contribution in [3.8, 4) is 11.5 Å². The Morgan fingerprint density at radius 2 is 2.14 bits per heavy atom. The standard InChI is InChI=1S/C16H24N2O3/c1-11(16(19)18(2)3)21-15-12(10-17-13-8-9-13)6-5-7-14(15)20-4/h5-7,11,13,17H,8-10H2,1-4H3. The molecule has 5 heteroatoms. The van der Waals surface area contributed by atoms with Gasteiger partial charge in [-0.3, -0.25) is 4.79 Å². The zero-order valence-corrected chi connectivity index (χ0v) is 13.2. The van der Waals surface area contributed by atoms with E-state index in [2.05, 4.69) is 5.32 Å². The monoisotopic (exact) mass is 292 g/mol. The summed E-state index contributed by atoms with van der Waals surface area (Å²) >= 11 is 0. The first-order valence-corrected chi connectivity index (χ1v) is 7.30. The predicted octanol–water partition coefficient (Wildman–Crippen LogP) is 1.80. The Hall–Kier alpha value is -1.75. The summed E-state index contributed by atoms with van der Waals surface area (Å²) in [7, 11) is 5.05. The molecule has 0 heterocycles. The van der Waals surface area contributed by atoms with Gasteiger partial charge < -0.3 is 19.7 Å². The summed E-state index contributed by atoms with van der Waals surface area (Å²) < 4.78 is 11.3. The molecule has 1 fully saturated rings. The molecule has 1 unspecified atom stereocenters. The molecule has 1 atom stereocenters. The van der Waals surface area contributed by atoms with Crippen molar-refractivity contribution in [1.82, 2.24) is 10.2 Å². The van der Waals surface area contributed by atoms with Crippen molar-refractivity contribution in [2.75, 3.05) is 21.2 Å². The Bertz CT molecular complexity index is 498. The van der Waals surface area contributed by atoms with Crippen molar-refractivity contribution in [3.05, 3.63) is 23.8 Å². The molecule has 1 aliphatic rings. The quantitative estimate of drug-likeness (QED) is 0.832. The number of nitrogens with one attached hydrogen (secondary N) is 1. The Balaban J connectivity index is 2.15. The number of rotatable bonds is 7. The zero-order chi connectivity index (χ0) is 15.4. The highest BCUT2D eigenvalue weighted by Crippen LogP contribution is 2.32. The van der Waals surface area contributed by atoms with Gasteiger partial charge in [-0.15, -0.1) is 0 Å². The van der Waals surface area contributed by atoms with Gasteiger partial charge in [0.2, 0.25) is 0 Å². The average molecular weight is 292 g/mol. The molecule has 0 radical (unpaired) electrons. The topological polar surface area (TPSA) is 50.8 Å². The molecular weight excluding hydrogens is 268 g/mol. The summed E-state index contributed by atoms with van der Waals surface area (Å²) in [5, 5.41) is 3.46. The van der Waals surface area contributed by atoms with Crippen molar-refractivity contribution >= 4 is 5.91 Å². The second-order valence-electron chi connectivity index (χ2n) is 5.60. The zero-order valence-electron chi connectivity index (χ0n) is 13.2. The van der Waals surface area contributed by atoms with Gasteiger partial charge in [0.05, 0.1) is 7.11 Å². The maximum absolute atomic E-state index is 12.0. The number of hydrogen-bond acceptors (Lipinski definition) is 4. The van der Waals surface area contributed by atoms with Gasteiger partial charge in [0.15, 0.2) is 17.6 Å². The third-order valence-corrected chi connectivity index (χ3v) is 3.52. The molecule has 5 nitrogen and oxygen atoms in total. The highest BCUT2D eigenvalue weighted by molar-refractivity contribution is 5.80. The van der Waals surface area contributed by atoms with Crippen LogP contribution >= 0.6 is 0 Å². The van der Waals surface area contributed by atoms with E-state index in [1.807, 2.05) is 18.2 Å². The van der Waals surface area contributed by atoms with Gasteiger partial charge in [-0.25, -0.2) is 0 Å². The van der Waals surface area contributed by atoms with Crippen LogP contribution in [0.1, 0.15) is 25.3 Å². The minimum absolute atomic E-state index is 0.0676. The third kappa shape index (κ3) is 4.11. The number of hydrogen-bond donors (Lipinski definition) is 1. The third-order valence-electron chi connectivity index (χ3n) is 3.52. The largest absolute Gasteiger partial charge is 0.493 e. The maximum atomic E-state index is 12.0. The Morgan fingerprint density at radius 3 is 2.71 bits per heavy atom. The van der Waals surface area contributed by atoms with Crippen molar-refractivity contribution in [2.45, 2.75) is 38.5 Å². The number of amides is 1. The number of para-hydroxylation sites is 1. The lowest BCUT2D eigenvalue weighted by Crippen LogP contribution is -2.35. The van der Waals surface area contributed by atoms with E-state index in [0.717, 1.165) is 12.1 Å². The summed E-state index contributed by atoms with van der Waals surface area (Å²) in [6.45, 7) is 2.48. The lowest BCUT2D eigenvalue weighted by Gasteiger charge is -2.21. The molecule has 0 aromatic heterocycles. The number of nitrogens with zero attached hydrogens (tertiary/aromatic N) is 1. The van der Waals surface area contributed by atoms with E-state index in [9.17, 15) is 4.79 Å². The van der Waals surface area contributed by atoms with Crippen LogP contribution in [0.25, 0.3) is 0 Å². The fourth-order valence-corrected chi connectivity index (χ4v) is 2.13. The number of likely N-dealkylation sites (N-methyl/N-ethyl adjacent to an activating group) is 1. The number of methoxy groups -OCH3 is 1. The molecule has 0 spiro atoms.